The molecule has 4 heteroatoms. The largest absolute Gasteiger partial charge is 0.330 e. The Balaban J connectivity index is 2.26. The van der Waals surface area contributed by atoms with Crippen molar-refractivity contribution in [3.05, 3.63) is 46.6 Å². The van der Waals surface area contributed by atoms with Gasteiger partial charge in [-0.15, -0.1) is 11.3 Å². The number of fused-ring (bicyclic) bond motifs is 1. The molecule has 0 unspecified atom stereocenters. The zero-order valence-electron chi connectivity index (χ0n) is 11.2. The summed E-state index contributed by atoms with van der Waals surface area (Å²) in [6.07, 6.45) is 4.78. The number of aryl methyl sites for hydroxylation is 2. The number of aromatic nitrogens is 2. The Morgan fingerprint density at radius 1 is 1.32 bits per heavy atom. The molecule has 3 nitrogen and oxygen atoms in total. The molecule has 0 aliphatic carbocycles. The highest BCUT2D eigenvalue weighted by molar-refractivity contribution is 7.17. The summed E-state index contributed by atoms with van der Waals surface area (Å²) in [6.45, 7) is 4.95. The molecule has 0 aliphatic heterocycles. The minimum absolute atomic E-state index is 0.668. The Morgan fingerprint density at radius 2 is 2.16 bits per heavy atom. The maximum Gasteiger partial charge on any atom is 0.194 e. The molecule has 0 spiro atoms. The van der Waals surface area contributed by atoms with Gasteiger partial charge >= 0.3 is 0 Å². The molecule has 0 saturated carbocycles. The predicted molar refractivity (Wildman–Crippen MR) is 80.7 cm³/mol. The highest BCUT2D eigenvalue weighted by Gasteiger charge is 2.15. The molecular weight excluding hydrogens is 254 g/mol. The van der Waals surface area contributed by atoms with Gasteiger partial charge in [0, 0.05) is 22.8 Å². The first kappa shape index (κ1) is 12.4. The zero-order chi connectivity index (χ0) is 13.4. The van der Waals surface area contributed by atoms with E-state index >= 15 is 0 Å². The molecule has 98 valence electrons. The average Bonchev–Trinajstić information content (AvgIpc) is 2.91. The van der Waals surface area contributed by atoms with Crippen molar-refractivity contribution >= 4 is 16.3 Å². The maximum absolute atomic E-state index is 5.74. The molecule has 0 atom stereocenters. The molecule has 0 bridgehead atoms. The summed E-state index contributed by atoms with van der Waals surface area (Å²) in [6, 6.07) is 6.59. The monoisotopic (exact) mass is 271 g/mol. The summed E-state index contributed by atoms with van der Waals surface area (Å²) in [7, 11) is 0. The second kappa shape index (κ2) is 4.79. The summed E-state index contributed by atoms with van der Waals surface area (Å²) < 4.78 is 2.17. The molecule has 3 rings (SSSR count). The van der Waals surface area contributed by atoms with Gasteiger partial charge in [-0.2, -0.15) is 0 Å². The first-order chi connectivity index (χ1) is 9.20. The topological polar surface area (TPSA) is 43.3 Å². The van der Waals surface area contributed by atoms with Crippen LogP contribution >= 0.6 is 11.3 Å². The van der Waals surface area contributed by atoms with Gasteiger partial charge in [0.25, 0.3) is 0 Å². The standard InChI is InChI=1S/C15H17N3S/c1-10-3-4-12(11(2)9-10)14-13(5-6-16)19-15-17-7-8-18(14)15/h3-4,7-9H,5-6,16H2,1-2H3. The van der Waals surface area contributed by atoms with Gasteiger partial charge in [0.1, 0.15) is 0 Å². The number of hydrogen-bond acceptors (Lipinski definition) is 3. The average molecular weight is 271 g/mol. The maximum atomic E-state index is 5.74. The van der Waals surface area contributed by atoms with Crippen molar-refractivity contribution in [2.24, 2.45) is 5.73 Å². The number of benzene rings is 1. The highest BCUT2D eigenvalue weighted by atomic mass is 32.1. The lowest BCUT2D eigenvalue weighted by atomic mass is 10.0. The molecule has 19 heavy (non-hydrogen) atoms. The van der Waals surface area contributed by atoms with Crippen molar-refractivity contribution in [2.45, 2.75) is 20.3 Å². The van der Waals surface area contributed by atoms with E-state index in [0.29, 0.717) is 6.54 Å². The van der Waals surface area contributed by atoms with Gasteiger partial charge in [-0.05, 0) is 32.4 Å². The van der Waals surface area contributed by atoms with E-state index in [2.05, 4.69) is 41.4 Å². The number of rotatable bonds is 3. The van der Waals surface area contributed by atoms with Crippen LogP contribution in [0.5, 0.6) is 0 Å². The predicted octanol–water partition coefficient (Wildman–Crippen LogP) is 3.18. The molecule has 3 aromatic rings. The van der Waals surface area contributed by atoms with Gasteiger partial charge < -0.3 is 5.73 Å². The molecule has 0 fully saturated rings. The fraction of sp³-hybridized carbons (Fsp3) is 0.267. The van der Waals surface area contributed by atoms with E-state index in [-0.39, 0.29) is 0 Å². The lowest BCUT2D eigenvalue weighted by Crippen LogP contribution is -2.03. The van der Waals surface area contributed by atoms with Crippen LogP contribution in [0.1, 0.15) is 16.0 Å². The lowest BCUT2D eigenvalue weighted by Gasteiger charge is -2.09. The second-order valence-electron chi connectivity index (χ2n) is 4.81. The molecular formula is C15H17N3S. The van der Waals surface area contributed by atoms with Gasteiger partial charge in [-0.1, -0.05) is 23.8 Å². The van der Waals surface area contributed by atoms with Crippen LogP contribution < -0.4 is 5.73 Å². The van der Waals surface area contributed by atoms with E-state index < -0.39 is 0 Å². The number of thiazole rings is 1. The molecule has 2 aromatic heterocycles. The van der Waals surface area contributed by atoms with Gasteiger partial charge in [0.15, 0.2) is 4.96 Å². The van der Waals surface area contributed by atoms with Crippen LogP contribution in [-0.2, 0) is 6.42 Å². The quantitative estimate of drug-likeness (QED) is 0.795. The zero-order valence-corrected chi connectivity index (χ0v) is 12.0. The fourth-order valence-electron chi connectivity index (χ4n) is 2.49. The van der Waals surface area contributed by atoms with Crippen molar-refractivity contribution < 1.29 is 0 Å². The fourth-order valence-corrected chi connectivity index (χ4v) is 3.60. The van der Waals surface area contributed by atoms with Crippen LogP contribution in [0.2, 0.25) is 0 Å². The smallest absolute Gasteiger partial charge is 0.194 e. The third-order valence-electron chi connectivity index (χ3n) is 3.33. The molecule has 0 saturated heterocycles. The van der Waals surface area contributed by atoms with Crippen molar-refractivity contribution in [1.82, 2.24) is 9.38 Å². The first-order valence-corrected chi connectivity index (χ1v) is 7.25. The third kappa shape index (κ3) is 2.07. The van der Waals surface area contributed by atoms with E-state index in [4.69, 9.17) is 5.73 Å². The summed E-state index contributed by atoms with van der Waals surface area (Å²) in [4.78, 5) is 6.75. The number of imidazole rings is 1. The van der Waals surface area contributed by atoms with Gasteiger partial charge in [0.05, 0.1) is 5.69 Å². The molecule has 0 aliphatic rings. The number of nitrogens with two attached hydrogens (primary N) is 1. The SMILES string of the molecule is Cc1ccc(-c2c(CCN)sc3nccn23)c(C)c1. The van der Waals surface area contributed by atoms with Crippen molar-refractivity contribution in [3.63, 3.8) is 0 Å². The second-order valence-corrected chi connectivity index (χ2v) is 5.87. The van der Waals surface area contributed by atoms with Crippen LogP contribution in [0.4, 0.5) is 0 Å². The van der Waals surface area contributed by atoms with Crippen LogP contribution in [-0.4, -0.2) is 15.9 Å². The van der Waals surface area contributed by atoms with E-state index in [0.717, 1.165) is 11.4 Å². The minimum atomic E-state index is 0.668. The molecule has 2 heterocycles. The summed E-state index contributed by atoms with van der Waals surface area (Å²) in [5.41, 5.74) is 10.9. The number of nitrogens with zero attached hydrogens (tertiary/aromatic N) is 2. The van der Waals surface area contributed by atoms with E-state index in [1.807, 2.05) is 12.4 Å². The van der Waals surface area contributed by atoms with Crippen LogP contribution in [0.15, 0.2) is 30.6 Å². The summed E-state index contributed by atoms with van der Waals surface area (Å²) in [5.74, 6) is 0. The van der Waals surface area contributed by atoms with Gasteiger partial charge in [-0.25, -0.2) is 4.98 Å². The normalized spacial score (nSPS) is 11.3. The van der Waals surface area contributed by atoms with E-state index in [9.17, 15) is 0 Å². The third-order valence-corrected chi connectivity index (χ3v) is 4.46. The van der Waals surface area contributed by atoms with Crippen molar-refractivity contribution in [1.29, 1.82) is 0 Å². The van der Waals surface area contributed by atoms with Crippen LogP contribution in [0.3, 0.4) is 0 Å². The molecule has 1 aromatic carbocycles. The Kier molecular flexibility index (Phi) is 3.12. The highest BCUT2D eigenvalue weighted by Crippen LogP contribution is 2.33. The van der Waals surface area contributed by atoms with Crippen molar-refractivity contribution in [3.8, 4) is 11.3 Å². The summed E-state index contributed by atoms with van der Waals surface area (Å²) in [5, 5.41) is 0. The van der Waals surface area contributed by atoms with E-state index in [1.54, 1.807) is 11.3 Å². The Hall–Kier alpha value is -1.65. The Bertz CT molecular complexity index is 724. The first-order valence-electron chi connectivity index (χ1n) is 6.43. The molecule has 0 radical (unpaired) electrons. The number of hydrogen-bond donors (Lipinski definition) is 1. The molecule has 2 N–H and O–H groups in total. The molecule has 0 amide bonds. The lowest BCUT2D eigenvalue weighted by molar-refractivity contribution is 0.981. The van der Waals surface area contributed by atoms with Gasteiger partial charge in [-0.3, -0.25) is 4.40 Å². The Morgan fingerprint density at radius 3 is 2.89 bits per heavy atom. The minimum Gasteiger partial charge on any atom is -0.330 e. The Labute approximate surface area is 116 Å². The van der Waals surface area contributed by atoms with Crippen LogP contribution in [0.25, 0.3) is 16.2 Å². The van der Waals surface area contributed by atoms with Gasteiger partial charge in [0.2, 0.25) is 0 Å². The van der Waals surface area contributed by atoms with Crippen LogP contribution in [0, 0.1) is 13.8 Å². The van der Waals surface area contributed by atoms with Crippen molar-refractivity contribution in [2.75, 3.05) is 6.54 Å². The summed E-state index contributed by atoms with van der Waals surface area (Å²) >= 11 is 1.73. The van der Waals surface area contributed by atoms with E-state index in [1.165, 1.54) is 27.3 Å².